The van der Waals surface area contributed by atoms with Crippen LogP contribution in [0.4, 0.5) is 0 Å². The molecule has 0 saturated carbocycles. The zero-order chi connectivity index (χ0) is 18.0. The number of rotatable bonds is 4. The molecular weight excluding hydrogens is 336 g/mol. The molecule has 0 aromatic carbocycles. The van der Waals surface area contributed by atoms with E-state index in [0.717, 1.165) is 32.5 Å². The zero-order valence-corrected chi connectivity index (χ0v) is 16.2. The van der Waals surface area contributed by atoms with Crippen molar-refractivity contribution >= 4 is 23.2 Å². The van der Waals surface area contributed by atoms with Crippen LogP contribution in [0.25, 0.3) is 0 Å². The number of hydrogen-bond acceptors (Lipinski definition) is 5. The second kappa shape index (κ2) is 7.46. The first kappa shape index (κ1) is 18.4. The van der Waals surface area contributed by atoms with Crippen LogP contribution >= 0.6 is 11.3 Å². The predicted octanol–water partition coefficient (Wildman–Crippen LogP) is 2.68. The standard InChI is InChI=1S/C19H28N2O3S/c1-4-24-18(23)19-8-5-9-20(12-17-7-6-14(2)25-17)10-16(19)11-21(13-19)15(3)22/h6-7,16H,4-5,8-13H2,1-3H3/t16-,19-/m0/s1. The van der Waals surface area contributed by atoms with Gasteiger partial charge in [-0.1, -0.05) is 0 Å². The van der Waals surface area contributed by atoms with Crippen molar-refractivity contribution in [1.82, 2.24) is 9.80 Å². The van der Waals surface area contributed by atoms with Crippen molar-refractivity contribution in [3.05, 3.63) is 21.9 Å². The summed E-state index contributed by atoms with van der Waals surface area (Å²) in [5, 5.41) is 0. The SMILES string of the molecule is CCOC(=O)[C@]12CCCN(Cc3ccc(C)s3)C[C@H]1CN(C(C)=O)C2. The second-order valence-electron chi connectivity index (χ2n) is 7.32. The third kappa shape index (κ3) is 3.75. The van der Waals surface area contributed by atoms with E-state index >= 15 is 0 Å². The number of thiophene rings is 1. The lowest BCUT2D eigenvalue weighted by Gasteiger charge is -2.31. The number of carbonyl (C=O) groups excluding carboxylic acids is 2. The van der Waals surface area contributed by atoms with Crippen LogP contribution in [0.2, 0.25) is 0 Å². The number of hydrogen-bond donors (Lipinski definition) is 0. The average molecular weight is 365 g/mol. The molecule has 1 aromatic heterocycles. The smallest absolute Gasteiger partial charge is 0.314 e. The summed E-state index contributed by atoms with van der Waals surface area (Å²) in [5.41, 5.74) is -0.526. The Balaban J connectivity index is 1.79. The fourth-order valence-corrected chi connectivity index (χ4v) is 5.23. The highest BCUT2D eigenvalue weighted by Crippen LogP contribution is 2.44. The van der Waals surface area contributed by atoms with E-state index in [4.69, 9.17) is 4.74 Å². The zero-order valence-electron chi connectivity index (χ0n) is 15.4. The molecule has 0 aliphatic carbocycles. The van der Waals surface area contributed by atoms with Gasteiger partial charge in [-0.3, -0.25) is 14.5 Å². The molecular formula is C19H28N2O3S. The third-order valence-electron chi connectivity index (χ3n) is 5.57. The summed E-state index contributed by atoms with van der Waals surface area (Å²) in [6.07, 6.45) is 1.77. The molecule has 0 radical (unpaired) electrons. The molecule has 3 rings (SSSR count). The van der Waals surface area contributed by atoms with Crippen LogP contribution in [0.5, 0.6) is 0 Å². The van der Waals surface area contributed by atoms with E-state index in [9.17, 15) is 9.59 Å². The molecule has 0 unspecified atom stereocenters. The van der Waals surface area contributed by atoms with Crippen LogP contribution < -0.4 is 0 Å². The number of aryl methyl sites for hydroxylation is 1. The molecule has 138 valence electrons. The lowest BCUT2D eigenvalue weighted by molar-refractivity contribution is -0.157. The van der Waals surface area contributed by atoms with Gasteiger partial charge >= 0.3 is 5.97 Å². The highest BCUT2D eigenvalue weighted by atomic mass is 32.1. The first-order valence-corrected chi connectivity index (χ1v) is 9.96. The van der Waals surface area contributed by atoms with E-state index in [1.807, 2.05) is 23.2 Å². The van der Waals surface area contributed by atoms with E-state index < -0.39 is 5.41 Å². The van der Waals surface area contributed by atoms with Crippen molar-refractivity contribution in [3.8, 4) is 0 Å². The minimum atomic E-state index is -0.526. The van der Waals surface area contributed by atoms with Gasteiger partial charge in [-0.2, -0.15) is 0 Å². The van der Waals surface area contributed by atoms with E-state index in [-0.39, 0.29) is 17.8 Å². The Bertz CT molecular complexity index is 644. The Kier molecular flexibility index (Phi) is 5.49. The molecule has 2 aliphatic rings. The second-order valence-corrected chi connectivity index (χ2v) is 8.70. The van der Waals surface area contributed by atoms with Gasteiger partial charge in [0.15, 0.2) is 0 Å². The maximum atomic E-state index is 12.8. The maximum Gasteiger partial charge on any atom is 0.314 e. The molecule has 0 N–H and O–H groups in total. The largest absolute Gasteiger partial charge is 0.466 e. The van der Waals surface area contributed by atoms with Crippen molar-refractivity contribution in [2.24, 2.45) is 11.3 Å². The monoisotopic (exact) mass is 364 g/mol. The first-order chi connectivity index (χ1) is 11.9. The Morgan fingerprint density at radius 3 is 2.80 bits per heavy atom. The van der Waals surface area contributed by atoms with Crippen LogP contribution in [0, 0.1) is 18.3 Å². The van der Waals surface area contributed by atoms with Crippen molar-refractivity contribution in [2.75, 3.05) is 32.8 Å². The quantitative estimate of drug-likeness (QED) is 0.771. The summed E-state index contributed by atoms with van der Waals surface area (Å²) in [4.78, 5) is 31.7. The van der Waals surface area contributed by atoms with Crippen LogP contribution in [0.1, 0.15) is 36.4 Å². The van der Waals surface area contributed by atoms with Gasteiger partial charge in [-0.05, 0) is 45.4 Å². The van der Waals surface area contributed by atoms with Crippen molar-refractivity contribution < 1.29 is 14.3 Å². The highest BCUT2D eigenvalue weighted by Gasteiger charge is 2.54. The normalized spacial score (nSPS) is 27.0. The summed E-state index contributed by atoms with van der Waals surface area (Å²) in [6, 6.07) is 4.35. The van der Waals surface area contributed by atoms with Gasteiger partial charge in [0, 0.05) is 48.8 Å². The summed E-state index contributed by atoms with van der Waals surface area (Å²) in [6.45, 7) is 9.91. The van der Waals surface area contributed by atoms with Crippen LogP contribution in [0.15, 0.2) is 12.1 Å². The molecule has 2 saturated heterocycles. The number of amides is 1. The Labute approximate surface area is 153 Å². The molecule has 0 bridgehead atoms. The van der Waals surface area contributed by atoms with Gasteiger partial charge in [0.1, 0.15) is 0 Å². The summed E-state index contributed by atoms with van der Waals surface area (Å²) in [7, 11) is 0. The Hall–Kier alpha value is -1.40. The molecule has 0 spiro atoms. The number of carbonyl (C=O) groups is 2. The van der Waals surface area contributed by atoms with Crippen LogP contribution in [-0.4, -0.2) is 54.5 Å². The molecule has 2 aliphatic heterocycles. The number of fused-ring (bicyclic) bond motifs is 1. The fraction of sp³-hybridized carbons (Fsp3) is 0.684. The lowest BCUT2D eigenvalue weighted by Crippen LogP contribution is -2.42. The topological polar surface area (TPSA) is 49.9 Å². The third-order valence-corrected chi connectivity index (χ3v) is 6.56. The number of esters is 1. The van der Waals surface area contributed by atoms with E-state index in [0.29, 0.717) is 19.7 Å². The lowest BCUT2D eigenvalue weighted by atomic mass is 9.75. The molecule has 1 amide bonds. The Morgan fingerprint density at radius 1 is 1.36 bits per heavy atom. The maximum absolute atomic E-state index is 12.8. The van der Waals surface area contributed by atoms with Gasteiger partial charge < -0.3 is 9.64 Å². The number of likely N-dealkylation sites (tertiary alicyclic amines) is 2. The van der Waals surface area contributed by atoms with Crippen LogP contribution in [0.3, 0.4) is 0 Å². The van der Waals surface area contributed by atoms with Gasteiger partial charge in [0.2, 0.25) is 5.91 Å². The van der Waals surface area contributed by atoms with Gasteiger partial charge in [0.25, 0.3) is 0 Å². The average Bonchev–Trinajstić information content (AvgIpc) is 3.08. The molecule has 3 heterocycles. The fourth-order valence-electron chi connectivity index (χ4n) is 4.29. The molecule has 25 heavy (non-hydrogen) atoms. The van der Waals surface area contributed by atoms with Crippen LogP contribution in [-0.2, 0) is 20.9 Å². The molecule has 2 atom stereocenters. The molecule has 5 nitrogen and oxygen atoms in total. The minimum absolute atomic E-state index is 0.0529. The highest BCUT2D eigenvalue weighted by molar-refractivity contribution is 7.11. The molecule has 2 fully saturated rings. The number of nitrogens with zero attached hydrogens (tertiary/aromatic N) is 2. The van der Waals surface area contributed by atoms with Gasteiger partial charge in [-0.15, -0.1) is 11.3 Å². The van der Waals surface area contributed by atoms with E-state index in [1.165, 1.54) is 9.75 Å². The number of ether oxygens (including phenoxy) is 1. The minimum Gasteiger partial charge on any atom is -0.466 e. The van der Waals surface area contributed by atoms with Crippen molar-refractivity contribution in [2.45, 2.75) is 40.2 Å². The Morgan fingerprint density at radius 2 is 2.16 bits per heavy atom. The molecule has 6 heteroatoms. The molecule has 1 aromatic rings. The van der Waals surface area contributed by atoms with E-state index in [2.05, 4.69) is 24.0 Å². The predicted molar refractivity (Wildman–Crippen MR) is 98.4 cm³/mol. The summed E-state index contributed by atoms with van der Waals surface area (Å²) >= 11 is 1.83. The summed E-state index contributed by atoms with van der Waals surface area (Å²) < 4.78 is 5.43. The van der Waals surface area contributed by atoms with Gasteiger partial charge in [-0.25, -0.2) is 0 Å². The van der Waals surface area contributed by atoms with E-state index in [1.54, 1.807) is 6.92 Å². The van der Waals surface area contributed by atoms with Crippen molar-refractivity contribution in [3.63, 3.8) is 0 Å². The van der Waals surface area contributed by atoms with Gasteiger partial charge in [0.05, 0.1) is 12.0 Å². The first-order valence-electron chi connectivity index (χ1n) is 9.15. The summed E-state index contributed by atoms with van der Waals surface area (Å²) in [5.74, 6) is 0.0914. The van der Waals surface area contributed by atoms with Crippen molar-refractivity contribution in [1.29, 1.82) is 0 Å².